The van der Waals surface area contributed by atoms with E-state index in [9.17, 15) is 9.59 Å². The van der Waals surface area contributed by atoms with Crippen molar-refractivity contribution >= 4 is 34.1 Å². The highest BCUT2D eigenvalue weighted by Crippen LogP contribution is 2.32. The zero-order valence-electron chi connectivity index (χ0n) is 27.9. The number of aryl methyl sites for hydroxylation is 1. The number of aliphatic imine (C=N–C) groups is 1. The number of carbonyl (C=O) groups is 2. The van der Waals surface area contributed by atoms with Crippen LogP contribution in [0.25, 0.3) is 10.8 Å². The van der Waals surface area contributed by atoms with Gasteiger partial charge < -0.3 is 20.7 Å². The van der Waals surface area contributed by atoms with Gasteiger partial charge in [0.05, 0.1) is 18.3 Å². The Morgan fingerprint density at radius 1 is 1.00 bits per heavy atom. The lowest BCUT2D eigenvalue weighted by Crippen LogP contribution is -2.29. The number of benzene rings is 3. The van der Waals surface area contributed by atoms with Crippen LogP contribution in [0.5, 0.6) is 5.75 Å². The number of pyridine rings is 1. The number of allylic oxidation sites excluding steroid dienone is 2. The fourth-order valence-electron chi connectivity index (χ4n) is 4.94. The molecule has 3 amide bonds. The maximum atomic E-state index is 13.1. The van der Waals surface area contributed by atoms with E-state index in [1.165, 1.54) is 5.56 Å². The maximum Gasteiger partial charge on any atom is 0.323 e. The molecule has 8 heteroatoms. The molecule has 0 radical (unpaired) electrons. The molecule has 0 spiro atoms. The first-order valence-corrected chi connectivity index (χ1v) is 15.7. The minimum atomic E-state index is -0.340. The molecule has 46 heavy (non-hydrogen) atoms. The zero-order valence-corrected chi connectivity index (χ0v) is 27.9. The summed E-state index contributed by atoms with van der Waals surface area (Å²) in [5.41, 5.74) is 5.76. The lowest BCUT2D eigenvalue weighted by atomic mass is 9.88. The molecule has 0 aliphatic rings. The second-order valence-corrected chi connectivity index (χ2v) is 12.4. The standard InChI is InChI=1S/C38H45N5O3/c1-8-39-36(44)33-24-28(19-21-40-33)20-22-46-34-18-17-32(30-11-9-10-12-31(30)34)43-37(45)41-26(3)23-35(38(5,6)7)42-27(4)29-15-13-25(2)14-16-29/h9-19,21,23-24,27H,8,20,22H2,1-7H3,(H,39,44)(H2,41,43,45)/b26-23+,42-35?/t27-/m0/s1. The molecule has 3 aromatic carbocycles. The van der Waals surface area contributed by atoms with Gasteiger partial charge in [0.2, 0.25) is 0 Å². The third-order valence-corrected chi connectivity index (χ3v) is 7.50. The number of rotatable bonds is 11. The van der Waals surface area contributed by atoms with E-state index >= 15 is 0 Å². The van der Waals surface area contributed by atoms with Crippen molar-refractivity contribution in [2.75, 3.05) is 18.5 Å². The molecular weight excluding hydrogens is 574 g/mol. The molecule has 0 saturated heterocycles. The van der Waals surface area contributed by atoms with Crippen LogP contribution in [0.15, 0.2) is 95.8 Å². The van der Waals surface area contributed by atoms with Gasteiger partial charge in [0.15, 0.2) is 0 Å². The van der Waals surface area contributed by atoms with Crippen LogP contribution in [0.2, 0.25) is 0 Å². The molecule has 1 heterocycles. The first kappa shape index (κ1) is 33.9. The summed E-state index contributed by atoms with van der Waals surface area (Å²) in [6.07, 6.45) is 4.20. The number of urea groups is 1. The van der Waals surface area contributed by atoms with E-state index in [0.717, 1.165) is 27.6 Å². The zero-order chi connectivity index (χ0) is 33.3. The fourth-order valence-corrected chi connectivity index (χ4v) is 4.94. The number of amides is 3. The molecule has 0 aliphatic heterocycles. The van der Waals surface area contributed by atoms with Gasteiger partial charge in [-0.25, -0.2) is 4.79 Å². The second-order valence-electron chi connectivity index (χ2n) is 12.4. The third kappa shape index (κ3) is 9.27. The number of nitrogens with one attached hydrogen (secondary N) is 3. The molecule has 0 saturated carbocycles. The van der Waals surface area contributed by atoms with Gasteiger partial charge in [-0.05, 0) is 69.2 Å². The highest BCUT2D eigenvalue weighted by atomic mass is 16.5. The van der Waals surface area contributed by atoms with Crippen LogP contribution in [-0.4, -0.2) is 35.8 Å². The summed E-state index contributed by atoms with van der Waals surface area (Å²) < 4.78 is 6.17. The van der Waals surface area contributed by atoms with Crippen molar-refractivity contribution in [3.05, 3.63) is 113 Å². The Kier molecular flexibility index (Phi) is 11.3. The molecule has 4 rings (SSSR count). The SMILES string of the molecule is CCNC(=O)c1cc(CCOc2ccc(NC(=O)N/C(C)=C/C(=N[C@@H](C)c3ccc(C)cc3)C(C)(C)C)c3ccccc23)ccn1. The largest absolute Gasteiger partial charge is 0.493 e. The summed E-state index contributed by atoms with van der Waals surface area (Å²) in [7, 11) is 0. The Morgan fingerprint density at radius 3 is 2.41 bits per heavy atom. The van der Waals surface area contributed by atoms with Gasteiger partial charge in [0.1, 0.15) is 11.4 Å². The predicted molar refractivity (Wildman–Crippen MR) is 188 cm³/mol. The number of carbonyl (C=O) groups excluding carboxylic acids is 2. The average Bonchev–Trinajstić information content (AvgIpc) is 3.01. The minimum absolute atomic E-state index is 0.0192. The van der Waals surface area contributed by atoms with Gasteiger partial charge in [0, 0.05) is 46.8 Å². The third-order valence-electron chi connectivity index (χ3n) is 7.50. The van der Waals surface area contributed by atoms with Crippen molar-refractivity contribution in [1.82, 2.24) is 15.6 Å². The first-order valence-electron chi connectivity index (χ1n) is 15.7. The molecule has 1 atom stereocenters. The van der Waals surface area contributed by atoms with Gasteiger partial charge >= 0.3 is 6.03 Å². The Bertz CT molecular complexity index is 1740. The lowest BCUT2D eigenvalue weighted by Gasteiger charge is -2.22. The minimum Gasteiger partial charge on any atom is -0.493 e. The monoisotopic (exact) mass is 619 g/mol. The molecule has 3 N–H and O–H groups in total. The van der Waals surface area contributed by atoms with E-state index in [2.05, 4.69) is 79.8 Å². The molecule has 0 aliphatic carbocycles. The highest BCUT2D eigenvalue weighted by molar-refractivity contribution is 6.05. The highest BCUT2D eigenvalue weighted by Gasteiger charge is 2.19. The van der Waals surface area contributed by atoms with Crippen LogP contribution in [0, 0.1) is 12.3 Å². The maximum absolute atomic E-state index is 13.1. The number of ether oxygens (including phenoxy) is 1. The number of aromatic nitrogens is 1. The van der Waals surface area contributed by atoms with E-state index in [0.29, 0.717) is 42.4 Å². The summed E-state index contributed by atoms with van der Waals surface area (Å²) in [6, 6.07) is 23.2. The van der Waals surface area contributed by atoms with Gasteiger partial charge in [0.25, 0.3) is 5.91 Å². The van der Waals surface area contributed by atoms with Crippen LogP contribution < -0.4 is 20.7 Å². The molecule has 4 aromatic rings. The quantitative estimate of drug-likeness (QED) is 0.147. The molecule has 0 fully saturated rings. The van der Waals surface area contributed by atoms with Crippen molar-refractivity contribution in [3.63, 3.8) is 0 Å². The molecular formula is C38H45N5O3. The van der Waals surface area contributed by atoms with Crippen LogP contribution in [0.1, 0.15) is 74.8 Å². The van der Waals surface area contributed by atoms with Crippen LogP contribution >= 0.6 is 0 Å². The Morgan fingerprint density at radius 2 is 1.72 bits per heavy atom. The van der Waals surface area contributed by atoms with Gasteiger partial charge in [-0.2, -0.15) is 0 Å². The Labute approximate surface area is 272 Å². The first-order chi connectivity index (χ1) is 21.9. The van der Waals surface area contributed by atoms with Crippen LogP contribution in [0.3, 0.4) is 0 Å². The number of hydrogen-bond donors (Lipinski definition) is 3. The van der Waals surface area contributed by atoms with Crippen molar-refractivity contribution in [2.24, 2.45) is 10.4 Å². The molecule has 1 aromatic heterocycles. The van der Waals surface area contributed by atoms with Gasteiger partial charge in [-0.1, -0.05) is 74.9 Å². The van der Waals surface area contributed by atoms with E-state index in [1.54, 1.807) is 12.3 Å². The predicted octanol–water partition coefficient (Wildman–Crippen LogP) is 8.19. The van der Waals surface area contributed by atoms with E-state index in [4.69, 9.17) is 9.73 Å². The number of anilines is 1. The van der Waals surface area contributed by atoms with Crippen molar-refractivity contribution in [1.29, 1.82) is 0 Å². The lowest BCUT2D eigenvalue weighted by molar-refractivity contribution is 0.0950. The van der Waals surface area contributed by atoms with Crippen molar-refractivity contribution < 1.29 is 14.3 Å². The number of nitrogens with zero attached hydrogens (tertiary/aromatic N) is 2. The molecule has 0 unspecified atom stereocenters. The molecule has 0 bridgehead atoms. The summed E-state index contributed by atoms with van der Waals surface area (Å²) in [5, 5.41) is 10.5. The molecule has 8 nitrogen and oxygen atoms in total. The van der Waals surface area contributed by atoms with Gasteiger partial charge in [-0.15, -0.1) is 0 Å². The summed E-state index contributed by atoms with van der Waals surface area (Å²) >= 11 is 0. The van der Waals surface area contributed by atoms with E-state index in [-0.39, 0.29) is 23.4 Å². The summed E-state index contributed by atoms with van der Waals surface area (Å²) in [5.74, 6) is 0.522. The topological polar surface area (TPSA) is 105 Å². The normalized spacial score (nSPS) is 12.8. The smallest absolute Gasteiger partial charge is 0.323 e. The van der Waals surface area contributed by atoms with E-state index in [1.807, 2.05) is 62.4 Å². The van der Waals surface area contributed by atoms with Crippen LogP contribution in [0.4, 0.5) is 10.5 Å². The Balaban J connectivity index is 1.44. The van der Waals surface area contributed by atoms with Gasteiger partial charge in [-0.3, -0.25) is 14.8 Å². The Hall–Kier alpha value is -4.98. The van der Waals surface area contributed by atoms with Crippen molar-refractivity contribution in [3.8, 4) is 5.75 Å². The van der Waals surface area contributed by atoms with Crippen LogP contribution in [-0.2, 0) is 6.42 Å². The number of fused-ring (bicyclic) bond motifs is 1. The fraction of sp³-hybridized carbons (Fsp3) is 0.316. The molecule has 240 valence electrons. The van der Waals surface area contributed by atoms with Crippen molar-refractivity contribution in [2.45, 2.75) is 60.9 Å². The van der Waals surface area contributed by atoms with E-state index < -0.39 is 0 Å². The summed E-state index contributed by atoms with van der Waals surface area (Å²) in [6.45, 7) is 15.2. The summed E-state index contributed by atoms with van der Waals surface area (Å²) in [4.78, 5) is 34.5. The number of hydrogen-bond acceptors (Lipinski definition) is 5. The second kappa shape index (κ2) is 15.3. The average molecular weight is 620 g/mol.